The minimum absolute atomic E-state index is 0.000723. The highest BCUT2D eigenvalue weighted by Crippen LogP contribution is 2.53. The predicted octanol–water partition coefficient (Wildman–Crippen LogP) is 3.52. The Balaban J connectivity index is 1.37. The number of esters is 1. The number of fused-ring (bicyclic) bond motifs is 3. The summed E-state index contributed by atoms with van der Waals surface area (Å²) >= 11 is 0. The molecule has 56 heavy (non-hydrogen) atoms. The molecule has 0 spiro atoms. The van der Waals surface area contributed by atoms with Gasteiger partial charge in [0, 0.05) is 41.5 Å². The minimum atomic E-state index is -5.36. The molecule has 2 aromatic carbocycles. The van der Waals surface area contributed by atoms with E-state index in [0.29, 0.717) is 0 Å². The molecule has 4 N–H and O–H groups in total. The van der Waals surface area contributed by atoms with Gasteiger partial charge in [-0.25, -0.2) is 0 Å². The second-order valence-electron chi connectivity index (χ2n) is 16.0. The monoisotopic (exact) mass is 791 g/mol. The Morgan fingerprint density at radius 3 is 2.21 bits per heavy atom. The lowest BCUT2D eigenvalue weighted by Gasteiger charge is -2.44. The average molecular weight is 792 g/mol. The Morgan fingerprint density at radius 2 is 1.64 bits per heavy atom. The molecule has 4 aliphatic rings. The molecule has 2 saturated heterocycles. The van der Waals surface area contributed by atoms with Gasteiger partial charge in [-0.3, -0.25) is 24.0 Å². The van der Waals surface area contributed by atoms with Crippen LogP contribution in [0.3, 0.4) is 0 Å². The molecule has 303 valence electrons. The number of nitrogens with zero attached hydrogens (tertiary/aromatic N) is 1. The highest BCUT2D eigenvalue weighted by Gasteiger charge is 2.57. The molecule has 2 fully saturated rings. The van der Waals surface area contributed by atoms with Gasteiger partial charge in [0.25, 0.3) is 0 Å². The van der Waals surface area contributed by atoms with Crippen LogP contribution in [0, 0.1) is 5.92 Å². The second-order valence-corrected chi connectivity index (χ2v) is 16.0. The summed E-state index contributed by atoms with van der Waals surface area (Å²) in [7, 11) is 1.26. The van der Waals surface area contributed by atoms with Crippen LogP contribution < -0.4 is 10.1 Å². The van der Waals surface area contributed by atoms with Crippen LogP contribution in [0.4, 0.5) is 13.2 Å². The van der Waals surface area contributed by atoms with Gasteiger partial charge in [-0.15, -0.1) is 10.3 Å². The molecule has 2 aromatic rings. The molecule has 2 heterocycles. The Morgan fingerprint density at radius 1 is 1.00 bits per heavy atom. The summed E-state index contributed by atoms with van der Waals surface area (Å²) in [6.07, 6.45) is -13.2. The first-order valence-electron chi connectivity index (χ1n) is 17.8. The zero-order chi connectivity index (χ0) is 41.6. The number of benzene rings is 2. The van der Waals surface area contributed by atoms with Crippen molar-refractivity contribution in [2.75, 3.05) is 7.11 Å². The van der Waals surface area contributed by atoms with Gasteiger partial charge in [0.2, 0.25) is 5.78 Å². The molecule has 18 heteroatoms. The van der Waals surface area contributed by atoms with Crippen LogP contribution in [0.1, 0.15) is 110 Å². The van der Waals surface area contributed by atoms with E-state index in [1.54, 1.807) is 13.8 Å². The Bertz CT molecular complexity index is 2030. The number of alkyl halides is 3. The maximum Gasteiger partial charge on any atom is 0.471 e. The minimum Gasteiger partial charge on any atom is -0.507 e. The first kappa shape index (κ1) is 41.0. The number of hydrogen-bond donors (Lipinski definition) is 4. The molecule has 6 rings (SSSR count). The number of hydrogen-bond acceptors (Lipinski definition) is 13. The Kier molecular flexibility index (Phi) is 10.1. The molecule has 1 radical (unpaired) electrons. The topological polar surface area (TPSA) is 218 Å². The van der Waals surface area contributed by atoms with Crippen molar-refractivity contribution in [2.45, 2.75) is 121 Å². The molecule has 7 atom stereocenters. The van der Waals surface area contributed by atoms with Crippen molar-refractivity contribution in [2.24, 2.45) is 5.92 Å². The number of carbonyl (C=O) groups is 5. The largest absolute Gasteiger partial charge is 0.507 e. The second kappa shape index (κ2) is 13.8. The van der Waals surface area contributed by atoms with Crippen LogP contribution in [0.25, 0.3) is 0 Å². The van der Waals surface area contributed by atoms with Gasteiger partial charge >= 0.3 is 18.1 Å². The van der Waals surface area contributed by atoms with Crippen molar-refractivity contribution < 1.29 is 76.6 Å². The standard InChI is InChI=1S/C38H42F3N2O13/c1-15-32(56-33(49)19-13-35(3,4)43(52)36(19,5)6)20(42-34(50)38(39,40)41)11-23(54-15)55-22-14-37(51,16(2)44)12-18-25(22)31(48)27-26(29(18)46)28(45)17-9-8-10-21(53-7)24(17)30(27)47/h8-10,15,19-20,22-23,32,46,48,51H,11-14H2,1-7H3,(H,42,50)/t15-,19?,20-,22-,23-,32-,37-/m0/s1. The van der Waals surface area contributed by atoms with Crippen molar-refractivity contribution in [1.82, 2.24) is 10.4 Å². The number of ether oxygens (including phenoxy) is 4. The molecule has 15 nitrogen and oxygen atoms in total. The quantitative estimate of drug-likeness (QED) is 0.199. The summed E-state index contributed by atoms with van der Waals surface area (Å²) in [6.45, 7) is 8.70. The molecule has 1 unspecified atom stereocenters. The van der Waals surface area contributed by atoms with Crippen LogP contribution in [0.5, 0.6) is 17.2 Å². The Hall–Kier alpha value is -4.62. The van der Waals surface area contributed by atoms with Crippen molar-refractivity contribution in [3.8, 4) is 17.2 Å². The van der Waals surface area contributed by atoms with Gasteiger partial charge < -0.3 is 39.6 Å². The number of nitrogens with one attached hydrogen (secondary N) is 1. The van der Waals surface area contributed by atoms with Crippen LogP contribution in [0.15, 0.2) is 18.2 Å². The van der Waals surface area contributed by atoms with E-state index in [-0.39, 0.29) is 34.4 Å². The summed E-state index contributed by atoms with van der Waals surface area (Å²) in [5.41, 5.74) is -6.67. The normalized spacial score (nSPS) is 29.5. The zero-order valence-corrected chi connectivity index (χ0v) is 31.5. The van der Waals surface area contributed by atoms with Crippen molar-refractivity contribution >= 4 is 29.2 Å². The fourth-order valence-electron chi connectivity index (χ4n) is 8.53. The van der Waals surface area contributed by atoms with Crippen LogP contribution in [-0.4, -0.2) is 104 Å². The van der Waals surface area contributed by atoms with Gasteiger partial charge in [0.15, 0.2) is 17.9 Å². The van der Waals surface area contributed by atoms with Crippen LogP contribution in [0.2, 0.25) is 0 Å². The SMILES string of the molecule is COc1cccc2c1C(=O)c1c(O)c3c(c(O)c1C2=O)C[C@@](O)(C(C)=O)C[C@@H]3O[C@H]1C[C@H](NC(=O)C(F)(F)F)[C@@H](OC(=O)C2CC(C)(C)N([O])C2(C)C)[C@H](C)O1. The number of halogens is 3. The van der Waals surface area contributed by atoms with Crippen LogP contribution in [-0.2, 0) is 40.2 Å². The number of methoxy groups -OCH3 is 1. The van der Waals surface area contributed by atoms with Gasteiger partial charge in [0.05, 0.1) is 53.5 Å². The van der Waals surface area contributed by atoms with Crippen molar-refractivity contribution in [3.63, 3.8) is 0 Å². The molecule has 1 amide bonds. The number of hydroxylamine groups is 2. The van der Waals surface area contributed by atoms with Crippen LogP contribution >= 0.6 is 0 Å². The lowest BCUT2D eigenvalue weighted by Crippen LogP contribution is -2.59. The molecular formula is C38H42F3N2O13. The summed E-state index contributed by atoms with van der Waals surface area (Å²) in [5, 5.41) is 50.4. The third kappa shape index (κ3) is 6.60. The number of phenolic OH excluding ortho intramolecular Hbond substituents is 2. The first-order chi connectivity index (χ1) is 25.8. The highest BCUT2D eigenvalue weighted by atomic mass is 19.4. The van der Waals surface area contributed by atoms with E-state index in [0.717, 1.165) is 12.0 Å². The fourth-order valence-corrected chi connectivity index (χ4v) is 8.53. The predicted molar refractivity (Wildman–Crippen MR) is 183 cm³/mol. The third-order valence-electron chi connectivity index (χ3n) is 11.5. The first-order valence-corrected chi connectivity index (χ1v) is 17.8. The van der Waals surface area contributed by atoms with Gasteiger partial charge in [0.1, 0.15) is 29.0 Å². The number of aliphatic hydroxyl groups is 1. The van der Waals surface area contributed by atoms with Crippen molar-refractivity contribution in [3.05, 3.63) is 51.6 Å². The molecule has 0 bridgehead atoms. The maximum absolute atomic E-state index is 13.9. The van der Waals surface area contributed by atoms with Gasteiger partial charge in [-0.2, -0.15) is 13.2 Å². The number of ketones is 3. The van der Waals surface area contributed by atoms with E-state index in [2.05, 4.69) is 0 Å². The van der Waals surface area contributed by atoms with E-state index in [4.69, 9.17) is 18.9 Å². The number of rotatable bonds is 7. The number of amides is 1. The number of aromatic hydroxyl groups is 2. The summed E-state index contributed by atoms with van der Waals surface area (Å²) in [6, 6.07) is 2.56. The smallest absolute Gasteiger partial charge is 0.471 e. The zero-order valence-electron chi connectivity index (χ0n) is 31.5. The summed E-state index contributed by atoms with van der Waals surface area (Å²) in [4.78, 5) is 66.4. The molecule has 0 saturated carbocycles. The third-order valence-corrected chi connectivity index (χ3v) is 11.5. The Labute approximate surface area is 318 Å². The highest BCUT2D eigenvalue weighted by molar-refractivity contribution is 6.31. The van der Waals surface area contributed by atoms with E-state index in [1.165, 1.54) is 46.1 Å². The van der Waals surface area contributed by atoms with Gasteiger partial charge in [-0.1, -0.05) is 12.1 Å². The van der Waals surface area contributed by atoms with Crippen molar-refractivity contribution in [1.29, 1.82) is 0 Å². The molecule has 2 aliphatic heterocycles. The van der Waals surface area contributed by atoms with E-state index < -0.39 is 131 Å². The van der Waals surface area contributed by atoms with E-state index in [1.807, 2.05) is 5.32 Å². The molecular weight excluding hydrogens is 749 g/mol. The average Bonchev–Trinajstić information content (AvgIpc) is 3.27. The maximum atomic E-state index is 13.9. The fraction of sp³-hybridized carbons (Fsp3) is 0.553. The molecule has 0 aromatic heterocycles. The van der Waals surface area contributed by atoms with E-state index >= 15 is 0 Å². The number of Topliss-reactive ketones (excluding diaryl/α,β-unsaturated/α-hetero) is 1. The number of carbonyl (C=O) groups excluding carboxylic acids is 5. The lowest BCUT2D eigenvalue weighted by molar-refractivity contribution is -0.259. The lowest BCUT2D eigenvalue weighted by atomic mass is 9.72. The van der Waals surface area contributed by atoms with E-state index in [9.17, 15) is 57.7 Å². The summed E-state index contributed by atoms with van der Waals surface area (Å²) < 4.78 is 63.9. The van der Waals surface area contributed by atoms with Gasteiger partial charge in [-0.05, 0) is 54.0 Å². The molecule has 2 aliphatic carbocycles. The number of phenols is 2. The summed E-state index contributed by atoms with van der Waals surface area (Å²) in [5.74, 6) is -8.51.